The fraction of sp³-hybridized carbons (Fsp3) is 0. The third-order valence-corrected chi connectivity index (χ3v) is 3.12. The molecule has 0 aliphatic carbocycles. The maximum absolute atomic E-state index is 4.31. The summed E-state index contributed by atoms with van der Waals surface area (Å²) in [5.74, 6) is 0. The van der Waals surface area contributed by atoms with Gasteiger partial charge in [0.25, 0.3) is 0 Å². The summed E-state index contributed by atoms with van der Waals surface area (Å²) in [6, 6.07) is 12.8. The predicted molar refractivity (Wildman–Crippen MR) is 63.9 cm³/mol. The topological polar surface area (TPSA) is 12.9 Å². The quantitative estimate of drug-likeness (QED) is 0.773. The first-order valence-electron chi connectivity index (χ1n) is 4.06. The highest BCUT2D eigenvalue weighted by Gasteiger charge is 2.06. The lowest BCUT2D eigenvalue weighted by Crippen LogP contribution is -1.85. The van der Waals surface area contributed by atoms with Crippen LogP contribution in [-0.2, 0) is 0 Å². The second-order valence-electron chi connectivity index (χ2n) is 2.73. The summed E-state index contributed by atoms with van der Waals surface area (Å²) in [5.41, 5.74) is 1.97. The molecule has 1 heterocycles. The number of nitrogens with zero attached hydrogens (tertiary/aromatic N) is 1. The van der Waals surface area contributed by atoms with E-state index in [0.717, 1.165) is 20.2 Å². The Morgan fingerprint density at radius 3 is 2.71 bits per heavy atom. The summed E-state index contributed by atoms with van der Waals surface area (Å²) in [6.45, 7) is 0. The third kappa shape index (κ3) is 1.88. The molecule has 0 amide bonds. The molecule has 2 aromatic rings. The van der Waals surface area contributed by atoms with Crippen LogP contribution < -0.4 is 0 Å². The Labute approximate surface area is 99.4 Å². The summed E-state index contributed by atoms with van der Waals surface area (Å²) in [7, 11) is 0. The largest absolute Gasteiger partial charge is 0.255 e. The minimum absolute atomic E-state index is 0.927. The summed E-state index contributed by atoms with van der Waals surface area (Å²) in [6.07, 6.45) is 1.78. The van der Waals surface area contributed by atoms with E-state index >= 15 is 0 Å². The van der Waals surface area contributed by atoms with Crippen LogP contribution in [0.2, 0.25) is 0 Å². The van der Waals surface area contributed by atoms with Crippen LogP contribution in [0.3, 0.4) is 0 Å². The van der Waals surface area contributed by atoms with Crippen molar-refractivity contribution in [1.82, 2.24) is 4.98 Å². The Morgan fingerprint density at radius 2 is 2.00 bits per heavy atom. The molecule has 0 N–H and O–H groups in total. The number of hydrogen-bond acceptors (Lipinski definition) is 1. The van der Waals surface area contributed by atoms with Crippen molar-refractivity contribution in [3.63, 3.8) is 0 Å². The Bertz CT molecular complexity index is 411. The second kappa shape index (κ2) is 4.24. The molecule has 2 rings (SSSR count). The lowest BCUT2D eigenvalue weighted by molar-refractivity contribution is 1.30. The molecule has 3 heteroatoms. The van der Waals surface area contributed by atoms with Crippen molar-refractivity contribution in [3.05, 3.63) is 51.5 Å². The van der Waals surface area contributed by atoms with Gasteiger partial charge in [-0.1, -0.05) is 18.2 Å². The summed E-state index contributed by atoms with van der Waals surface area (Å²) < 4.78 is 1.92. The van der Waals surface area contributed by atoms with E-state index in [4.69, 9.17) is 0 Å². The molecule has 1 aromatic carbocycles. The molecular weight excluding hydrogens is 306 g/mol. The smallest absolute Gasteiger partial charge is 0.0855 e. The zero-order valence-corrected chi connectivity index (χ0v) is 10.3. The van der Waals surface area contributed by atoms with Crippen LogP contribution in [0.1, 0.15) is 0 Å². The van der Waals surface area contributed by atoms with Crippen molar-refractivity contribution < 1.29 is 0 Å². The van der Waals surface area contributed by atoms with E-state index in [9.17, 15) is 0 Å². The maximum atomic E-state index is 4.31. The first-order chi connectivity index (χ1) is 6.79. The van der Waals surface area contributed by atoms with Crippen LogP contribution >= 0.6 is 31.9 Å². The van der Waals surface area contributed by atoms with Gasteiger partial charge < -0.3 is 0 Å². The molecule has 1 radical (unpaired) electrons. The minimum atomic E-state index is 0.927. The lowest BCUT2D eigenvalue weighted by atomic mass is 10.1. The van der Waals surface area contributed by atoms with Crippen molar-refractivity contribution in [2.45, 2.75) is 0 Å². The standard InChI is InChI=1S/C11H6Br2N/c12-9-5-2-1-4-8(9)11-10(13)6-3-7-14-11/h1-4,6-7H. The number of hydrogen-bond donors (Lipinski definition) is 0. The van der Waals surface area contributed by atoms with Gasteiger partial charge >= 0.3 is 0 Å². The third-order valence-electron chi connectivity index (χ3n) is 1.82. The van der Waals surface area contributed by atoms with Crippen LogP contribution in [0.15, 0.2) is 45.5 Å². The minimum Gasteiger partial charge on any atom is -0.255 e. The summed E-state index contributed by atoms with van der Waals surface area (Å²) in [5, 5.41) is 0. The van der Waals surface area contributed by atoms with E-state index in [1.165, 1.54) is 0 Å². The molecule has 14 heavy (non-hydrogen) atoms. The van der Waals surface area contributed by atoms with Gasteiger partial charge in [-0.05, 0) is 50.1 Å². The molecular formula is C11H6Br2N. The predicted octanol–water partition coefficient (Wildman–Crippen LogP) is 4.07. The van der Waals surface area contributed by atoms with Crippen LogP contribution in [0.4, 0.5) is 0 Å². The van der Waals surface area contributed by atoms with Crippen molar-refractivity contribution in [2.24, 2.45) is 0 Å². The molecule has 0 unspecified atom stereocenters. The van der Waals surface area contributed by atoms with Crippen LogP contribution in [-0.4, -0.2) is 4.98 Å². The van der Waals surface area contributed by atoms with Gasteiger partial charge in [-0.15, -0.1) is 0 Å². The van der Waals surface area contributed by atoms with E-state index < -0.39 is 0 Å². The first-order valence-corrected chi connectivity index (χ1v) is 5.65. The molecule has 0 saturated heterocycles. The van der Waals surface area contributed by atoms with Crippen LogP contribution in [0, 0.1) is 6.07 Å². The van der Waals surface area contributed by atoms with Crippen LogP contribution in [0.5, 0.6) is 0 Å². The van der Waals surface area contributed by atoms with Gasteiger partial charge in [0.1, 0.15) is 0 Å². The van der Waals surface area contributed by atoms with Gasteiger partial charge in [0.2, 0.25) is 0 Å². The average Bonchev–Trinajstić information content (AvgIpc) is 2.20. The molecule has 0 saturated carbocycles. The van der Waals surface area contributed by atoms with Gasteiger partial charge in [-0.25, -0.2) is 0 Å². The Morgan fingerprint density at radius 1 is 1.14 bits per heavy atom. The molecule has 69 valence electrons. The van der Waals surface area contributed by atoms with Crippen molar-refractivity contribution >= 4 is 31.9 Å². The summed E-state index contributed by atoms with van der Waals surface area (Å²) >= 11 is 6.92. The molecule has 0 fully saturated rings. The van der Waals surface area contributed by atoms with Gasteiger partial charge in [-0.2, -0.15) is 0 Å². The maximum Gasteiger partial charge on any atom is 0.0855 e. The van der Waals surface area contributed by atoms with Gasteiger partial charge in [-0.3, -0.25) is 4.98 Å². The highest BCUT2D eigenvalue weighted by Crippen LogP contribution is 2.30. The van der Waals surface area contributed by atoms with E-state index in [2.05, 4.69) is 42.9 Å². The van der Waals surface area contributed by atoms with Crippen molar-refractivity contribution in [2.75, 3.05) is 0 Å². The first kappa shape index (κ1) is 9.87. The fourth-order valence-electron chi connectivity index (χ4n) is 1.18. The Kier molecular flexibility index (Phi) is 2.99. The van der Waals surface area contributed by atoms with Crippen LogP contribution in [0.25, 0.3) is 11.3 Å². The number of rotatable bonds is 1. The van der Waals surface area contributed by atoms with Crippen molar-refractivity contribution in [3.8, 4) is 11.3 Å². The Hall–Kier alpha value is -0.670. The lowest BCUT2D eigenvalue weighted by Gasteiger charge is -2.04. The van der Waals surface area contributed by atoms with E-state index in [-0.39, 0.29) is 0 Å². The molecule has 1 nitrogen and oxygen atoms in total. The normalized spacial score (nSPS) is 10.1. The number of benzene rings is 1. The molecule has 1 aromatic heterocycles. The number of pyridine rings is 1. The highest BCUT2D eigenvalue weighted by molar-refractivity contribution is 9.11. The van der Waals surface area contributed by atoms with E-state index in [1.54, 1.807) is 6.20 Å². The highest BCUT2D eigenvalue weighted by atomic mass is 79.9. The second-order valence-corrected chi connectivity index (χ2v) is 4.38. The van der Waals surface area contributed by atoms with Gasteiger partial charge in [0, 0.05) is 20.7 Å². The Balaban J connectivity index is 2.61. The zero-order valence-electron chi connectivity index (χ0n) is 7.17. The van der Waals surface area contributed by atoms with Gasteiger partial charge in [0.15, 0.2) is 0 Å². The molecule has 0 aliphatic heterocycles. The number of aromatic nitrogens is 1. The van der Waals surface area contributed by atoms with Crippen molar-refractivity contribution in [1.29, 1.82) is 0 Å². The SMILES string of the molecule is Brc1[c]cccc1-c1ncccc1Br. The number of halogens is 2. The molecule has 0 bridgehead atoms. The summed E-state index contributed by atoms with van der Waals surface area (Å²) in [4.78, 5) is 4.31. The van der Waals surface area contributed by atoms with Gasteiger partial charge in [0.05, 0.1) is 5.69 Å². The molecule has 0 aliphatic rings. The fourth-order valence-corrected chi connectivity index (χ4v) is 2.10. The average molecular weight is 312 g/mol. The monoisotopic (exact) mass is 310 g/mol. The molecule has 0 spiro atoms. The zero-order chi connectivity index (χ0) is 9.97. The van der Waals surface area contributed by atoms with E-state index in [0.29, 0.717) is 0 Å². The van der Waals surface area contributed by atoms with E-state index in [1.807, 2.05) is 30.3 Å². The molecule has 0 atom stereocenters.